The monoisotopic (exact) mass is 281 g/mol. The summed E-state index contributed by atoms with van der Waals surface area (Å²) < 4.78 is 0. The minimum absolute atomic E-state index is 0.0694. The van der Waals surface area contributed by atoms with E-state index in [0.717, 1.165) is 4.90 Å². The van der Waals surface area contributed by atoms with Crippen LogP contribution in [0.15, 0.2) is 24.3 Å². The van der Waals surface area contributed by atoms with Gasteiger partial charge in [0.15, 0.2) is 0 Å². The third-order valence-corrected chi connectivity index (χ3v) is 2.84. The van der Waals surface area contributed by atoms with Crippen molar-refractivity contribution in [2.45, 2.75) is 0 Å². The molecule has 0 unspecified atom stereocenters. The van der Waals surface area contributed by atoms with Gasteiger partial charge in [-0.3, -0.25) is 24.6 Å². The Morgan fingerprint density at radius 1 is 1.21 bits per heavy atom. The maximum absolute atomic E-state index is 11.7. The van der Waals surface area contributed by atoms with E-state index in [0.29, 0.717) is 10.7 Å². The summed E-state index contributed by atoms with van der Waals surface area (Å²) in [5.74, 6) is -1.23. The van der Waals surface area contributed by atoms with Gasteiger partial charge >= 0.3 is 0 Å². The molecule has 0 atom stereocenters. The molecule has 0 bridgehead atoms. The van der Waals surface area contributed by atoms with Gasteiger partial charge in [-0.2, -0.15) is 0 Å². The first kappa shape index (κ1) is 13.5. The van der Waals surface area contributed by atoms with E-state index in [9.17, 15) is 14.4 Å². The lowest BCUT2D eigenvalue weighted by Gasteiger charge is -2.24. The van der Waals surface area contributed by atoms with Crippen LogP contribution < -0.4 is 10.6 Å². The lowest BCUT2D eigenvalue weighted by molar-refractivity contribution is -0.148. The topological polar surface area (TPSA) is 78.5 Å². The Kier molecular flexibility index (Phi) is 4.13. The minimum Gasteiger partial charge on any atom is -0.325 e. The highest BCUT2D eigenvalue weighted by atomic mass is 35.5. The Balaban J connectivity index is 1.95. The van der Waals surface area contributed by atoms with Gasteiger partial charge in [-0.1, -0.05) is 11.6 Å². The fourth-order valence-corrected chi connectivity index (χ4v) is 1.79. The zero-order chi connectivity index (χ0) is 13.8. The summed E-state index contributed by atoms with van der Waals surface area (Å²) in [7, 11) is 0. The minimum atomic E-state index is -0.425. The predicted octanol–water partition coefficient (Wildman–Crippen LogP) is 0.237. The summed E-state index contributed by atoms with van der Waals surface area (Å²) in [6, 6.07) is 6.56. The molecular formula is C12H12ClN3O3. The van der Waals surface area contributed by atoms with Crippen molar-refractivity contribution >= 4 is 35.0 Å². The van der Waals surface area contributed by atoms with Gasteiger partial charge in [0.2, 0.25) is 17.7 Å². The smallest absolute Gasteiger partial charge is 0.244 e. The van der Waals surface area contributed by atoms with E-state index >= 15 is 0 Å². The molecule has 1 saturated heterocycles. The Morgan fingerprint density at radius 2 is 1.79 bits per heavy atom. The van der Waals surface area contributed by atoms with Crippen molar-refractivity contribution in [2.75, 3.05) is 25.0 Å². The molecule has 1 fully saturated rings. The summed E-state index contributed by atoms with van der Waals surface area (Å²) >= 11 is 5.72. The summed E-state index contributed by atoms with van der Waals surface area (Å²) in [5.41, 5.74) is 0.560. The molecule has 1 aromatic rings. The van der Waals surface area contributed by atoms with E-state index in [4.69, 9.17) is 11.6 Å². The number of carbonyl (C=O) groups is 3. The maximum atomic E-state index is 11.7. The molecule has 3 amide bonds. The number of benzene rings is 1. The van der Waals surface area contributed by atoms with Crippen LogP contribution in [0.4, 0.5) is 5.69 Å². The second-order valence-electron chi connectivity index (χ2n) is 4.03. The van der Waals surface area contributed by atoms with Crippen molar-refractivity contribution in [3.05, 3.63) is 29.3 Å². The SMILES string of the molecule is O=C(CN1C(=O)CNCC1=O)Nc1ccc(Cl)cc1. The Hall–Kier alpha value is -1.92. The molecular weight excluding hydrogens is 270 g/mol. The molecule has 0 aromatic heterocycles. The van der Waals surface area contributed by atoms with E-state index in [1.54, 1.807) is 24.3 Å². The molecule has 0 aliphatic carbocycles. The van der Waals surface area contributed by atoms with Gasteiger partial charge in [-0.25, -0.2) is 0 Å². The number of imide groups is 1. The molecule has 0 radical (unpaired) electrons. The number of anilines is 1. The summed E-state index contributed by atoms with van der Waals surface area (Å²) in [4.78, 5) is 35.7. The van der Waals surface area contributed by atoms with Crippen molar-refractivity contribution in [1.29, 1.82) is 0 Å². The van der Waals surface area contributed by atoms with Crippen LogP contribution in [0.25, 0.3) is 0 Å². The number of halogens is 1. The molecule has 100 valence electrons. The third-order valence-electron chi connectivity index (χ3n) is 2.58. The summed E-state index contributed by atoms with van der Waals surface area (Å²) in [5, 5.41) is 5.81. The van der Waals surface area contributed by atoms with Crippen molar-refractivity contribution < 1.29 is 14.4 Å². The molecule has 0 spiro atoms. The summed E-state index contributed by atoms with van der Waals surface area (Å²) in [6.07, 6.45) is 0. The number of amides is 3. The highest BCUT2D eigenvalue weighted by Crippen LogP contribution is 2.13. The van der Waals surface area contributed by atoms with Crippen LogP contribution in [0, 0.1) is 0 Å². The number of carbonyl (C=O) groups excluding carboxylic acids is 3. The van der Waals surface area contributed by atoms with Crippen molar-refractivity contribution in [1.82, 2.24) is 10.2 Å². The number of hydrogen-bond donors (Lipinski definition) is 2. The lowest BCUT2D eigenvalue weighted by Crippen LogP contribution is -2.54. The second-order valence-corrected chi connectivity index (χ2v) is 4.47. The predicted molar refractivity (Wildman–Crippen MR) is 69.7 cm³/mol. The maximum Gasteiger partial charge on any atom is 0.244 e. The molecule has 2 N–H and O–H groups in total. The van der Waals surface area contributed by atoms with Gasteiger partial charge < -0.3 is 5.32 Å². The first-order chi connectivity index (χ1) is 9.06. The number of rotatable bonds is 3. The van der Waals surface area contributed by atoms with Crippen LogP contribution in [-0.4, -0.2) is 42.3 Å². The van der Waals surface area contributed by atoms with Gasteiger partial charge in [0.25, 0.3) is 0 Å². The Labute approximate surface area is 114 Å². The zero-order valence-corrected chi connectivity index (χ0v) is 10.7. The Morgan fingerprint density at radius 3 is 2.37 bits per heavy atom. The third kappa shape index (κ3) is 3.52. The largest absolute Gasteiger partial charge is 0.325 e. The van der Waals surface area contributed by atoms with E-state index in [1.165, 1.54) is 0 Å². The van der Waals surface area contributed by atoms with E-state index < -0.39 is 17.7 Å². The normalized spacial score (nSPS) is 15.5. The van der Waals surface area contributed by atoms with Crippen molar-refractivity contribution in [3.63, 3.8) is 0 Å². The first-order valence-electron chi connectivity index (χ1n) is 5.65. The van der Waals surface area contributed by atoms with Gasteiger partial charge in [-0.15, -0.1) is 0 Å². The van der Waals surface area contributed by atoms with Crippen molar-refractivity contribution in [3.8, 4) is 0 Å². The van der Waals surface area contributed by atoms with Crippen molar-refractivity contribution in [2.24, 2.45) is 0 Å². The van der Waals surface area contributed by atoms with E-state index in [1.807, 2.05) is 0 Å². The average Bonchev–Trinajstić information content (AvgIpc) is 2.37. The zero-order valence-electron chi connectivity index (χ0n) is 9.98. The highest BCUT2D eigenvalue weighted by molar-refractivity contribution is 6.30. The fourth-order valence-electron chi connectivity index (χ4n) is 1.66. The molecule has 1 aliphatic rings. The van der Waals surface area contributed by atoms with Crippen LogP contribution in [0.5, 0.6) is 0 Å². The average molecular weight is 282 g/mol. The number of piperazine rings is 1. The Bertz CT molecular complexity index is 499. The molecule has 6 nitrogen and oxygen atoms in total. The second kappa shape index (κ2) is 5.81. The van der Waals surface area contributed by atoms with Crippen LogP contribution in [0.3, 0.4) is 0 Å². The molecule has 1 aliphatic heterocycles. The standard InChI is InChI=1S/C12H12ClN3O3/c13-8-1-3-9(4-2-8)15-10(17)7-16-11(18)5-14-6-12(16)19/h1-4,14H,5-7H2,(H,15,17). The molecule has 2 rings (SSSR count). The molecule has 7 heteroatoms. The number of nitrogens with one attached hydrogen (secondary N) is 2. The molecule has 1 aromatic carbocycles. The van der Waals surface area contributed by atoms with Crippen LogP contribution in [-0.2, 0) is 14.4 Å². The lowest BCUT2D eigenvalue weighted by atomic mass is 10.3. The quantitative estimate of drug-likeness (QED) is 0.778. The number of hydrogen-bond acceptors (Lipinski definition) is 4. The fraction of sp³-hybridized carbons (Fsp3) is 0.250. The molecule has 1 heterocycles. The number of nitrogens with zero attached hydrogens (tertiary/aromatic N) is 1. The molecule has 19 heavy (non-hydrogen) atoms. The van der Waals surface area contributed by atoms with Gasteiger partial charge in [0.05, 0.1) is 13.1 Å². The van der Waals surface area contributed by atoms with Gasteiger partial charge in [0.1, 0.15) is 6.54 Å². The van der Waals surface area contributed by atoms with Crippen LogP contribution in [0.2, 0.25) is 5.02 Å². The summed E-state index contributed by atoms with van der Waals surface area (Å²) in [6.45, 7) is -0.137. The van der Waals surface area contributed by atoms with Crippen LogP contribution in [0.1, 0.15) is 0 Å². The van der Waals surface area contributed by atoms with E-state index in [-0.39, 0.29) is 19.6 Å². The van der Waals surface area contributed by atoms with Gasteiger partial charge in [0, 0.05) is 10.7 Å². The van der Waals surface area contributed by atoms with Crippen LogP contribution >= 0.6 is 11.6 Å². The van der Waals surface area contributed by atoms with E-state index in [2.05, 4.69) is 10.6 Å². The first-order valence-corrected chi connectivity index (χ1v) is 6.03. The van der Waals surface area contributed by atoms with Gasteiger partial charge in [-0.05, 0) is 24.3 Å². The highest BCUT2D eigenvalue weighted by Gasteiger charge is 2.27. The molecule has 0 saturated carbocycles.